The van der Waals surface area contributed by atoms with E-state index in [-0.39, 0.29) is 35.8 Å². The zero-order valence-corrected chi connectivity index (χ0v) is 20.9. The van der Waals surface area contributed by atoms with Crippen LogP contribution in [-0.2, 0) is 29.7 Å². The average molecular weight is 492 g/mol. The normalized spacial score (nSPS) is 22.9. The lowest BCUT2D eigenvalue weighted by Crippen LogP contribution is -2.49. The Morgan fingerprint density at radius 1 is 1.14 bits per heavy atom. The van der Waals surface area contributed by atoms with Gasteiger partial charge in [0.1, 0.15) is 11.9 Å². The van der Waals surface area contributed by atoms with Crippen LogP contribution in [0.2, 0.25) is 0 Å². The zero-order valence-electron chi connectivity index (χ0n) is 20.9. The first-order valence-corrected chi connectivity index (χ1v) is 12.7. The lowest BCUT2D eigenvalue weighted by molar-refractivity contribution is -0.126. The molecular weight excluding hydrogens is 457 g/mol. The van der Waals surface area contributed by atoms with Gasteiger partial charge in [0.15, 0.2) is 0 Å². The van der Waals surface area contributed by atoms with Gasteiger partial charge in [-0.2, -0.15) is 0 Å². The number of hydrogen-bond acceptors (Lipinski definition) is 4. The number of hydrogen-bond donors (Lipinski definition) is 2. The van der Waals surface area contributed by atoms with Gasteiger partial charge in [0.25, 0.3) is 0 Å². The van der Waals surface area contributed by atoms with E-state index in [0.29, 0.717) is 25.9 Å². The van der Waals surface area contributed by atoms with Crippen LogP contribution < -0.4 is 10.6 Å². The van der Waals surface area contributed by atoms with E-state index in [0.717, 1.165) is 25.1 Å². The van der Waals surface area contributed by atoms with Crippen LogP contribution in [0.3, 0.4) is 0 Å². The molecule has 36 heavy (non-hydrogen) atoms. The summed E-state index contributed by atoms with van der Waals surface area (Å²) in [5, 5.41) is 7.30. The topological polar surface area (TPSA) is 69.6 Å². The number of benzene rings is 2. The van der Waals surface area contributed by atoms with Gasteiger partial charge in [0.2, 0.25) is 11.8 Å². The fourth-order valence-corrected chi connectivity index (χ4v) is 5.79. The minimum atomic E-state index is -0.288. The van der Waals surface area contributed by atoms with Crippen molar-refractivity contribution in [3.05, 3.63) is 71.7 Å². The number of para-hydroxylation sites is 1. The van der Waals surface area contributed by atoms with Crippen LogP contribution in [0.4, 0.5) is 4.39 Å². The smallest absolute Gasteiger partial charge is 0.239 e. The van der Waals surface area contributed by atoms with Crippen molar-refractivity contribution in [3.63, 3.8) is 0 Å². The number of likely N-dealkylation sites (tertiary alicyclic amines) is 1. The van der Waals surface area contributed by atoms with Gasteiger partial charge in [-0.05, 0) is 49.2 Å². The number of carbonyl (C=O) groups is 2. The van der Waals surface area contributed by atoms with Crippen molar-refractivity contribution >= 4 is 22.7 Å². The van der Waals surface area contributed by atoms with Gasteiger partial charge in [-0.1, -0.05) is 30.3 Å². The van der Waals surface area contributed by atoms with Crippen LogP contribution in [0, 0.1) is 5.82 Å². The molecule has 0 spiro atoms. The number of likely N-dealkylation sites (N-methyl/N-ethyl adjacent to an activating group) is 1. The number of halogens is 1. The predicted molar refractivity (Wildman–Crippen MR) is 138 cm³/mol. The highest BCUT2D eigenvalue weighted by atomic mass is 19.1. The third kappa shape index (κ3) is 5.01. The Kier molecular flexibility index (Phi) is 7.07. The van der Waals surface area contributed by atoms with Gasteiger partial charge in [0, 0.05) is 68.8 Å². The second-order valence-corrected chi connectivity index (χ2v) is 10.1. The molecule has 190 valence electrons. The maximum atomic E-state index is 13.2. The summed E-state index contributed by atoms with van der Waals surface area (Å²) in [5.41, 5.74) is 3.30. The van der Waals surface area contributed by atoms with E-state index < -0.39 is 0 Å². The predicted octanol–water partition coefficient (Wildman–Crippen LogP) is 2.79. The van der Waals surface area contributed by atoms with E-state index in [2.05, 4.69) is 69.6 Å². The number of nitrogens with zero attached hydrogens (tertiary/aromatic N) is 3. The first-order chi connectivity index (χ1) is 17.4. The monoisotopic (exact) mass is 491 g/mol. The van der Waals surface area contributed by atoms with Crippen LogP contribution in [0.5, 0.6) is 0 Å². The van der Waals surface area contributed by atoms with Crippen molar-refractivity contribution in [2.75, 3.05) is 20.1 Å². The van der Waals surface area contributed by atoms with E-state index in [1.807, 2.05) is 0 Å². The molecule has 2 N–H and O–H groups in total. The first kappa shape index (κ1) is 24.5. The molecule has 7 nitrogen and oxygen atoms in total. The molecule has 0 radical (unpaired) electrons. The molecule has 2 aromatic carbocycles. The fraction of sp³-hybridized carbons (Fsp3) is 0.429. The van der Waals surface area contributed by atoms with E-state index in [4.69, 9.17) is 0 Å². The van der Waals surface area contributed by atoms with E-state index in [1.165, 1.54) is 28.6 Å². The van der Waals surface area contributed by atoms with Gasteiger partial charge in [0.05, 0.1) is 0 Å². The van der Waals surface area contributed by atoms with Gasteiger partial charge >= 0.3 is 0 Å². The number of aromatic nitrogens is 1. The van der Waals surface area contributed by atoms with Crippen molar-refractivity contribution in [2.45, 2.75) is 50.5 Å². The third-order valence-electron chi connectivity index (χ3n) is 7.81. The SMILES string of the molecule is CN1C(CCC(=O)NCc2ccc(F)cc2)CNC(=O)C2C1CCN2Cc1cn(C)c2ccccc12. The standard InChI is InChI=1S/C28H34FN5O2/c1-32-17-20(23-5-3-4-6-24(23)32)18-34-14-13-25-27(34)28(36)31-16-22(33(25)2)11-12-26(35)30-15-19-7-9-21(29)10-8-19/h3-10,17,22,25,27H,11-16,18H2,1-2H3,(H,30,35)(H,31,36). The average Bonchev–Trinajstić information content (AvgIpc) is 3.41. The van der Waals surface area contributed by atoms with Crippen molar-refractivity contribution in [1.29, 1.82) is 0 Å². The molecule has 3 aromatic rings. The lowest BCUT2D eigenvalue weighted by atomic mass is 10.0. The molecule has 2 aliphatic heterocycles. The van der Waals surface area contributed by atoms with Gasteiger partial charge in [-0.3, -0.25) is 19.4 Å². The Balaban J connectivity index is 1.20. The van der Waals surface area contributed by atoms with Crippen molar-refractivity contribution < 1.29 is 14.0 Å². The van der Waals surface area contributed by atoms with Gasteiger partial charge in [-0.25, -0.2) is 4.39 Å². The fourth-order valence-electron chi connectivity index (χ4n) is 5.79. The number of fused-ring (bicyclic) bond motifs is 2. The molecule has 5 rings (SSSR count). The van der Waals surface area contributed by atoms with E-state index in [1.54, 1.807) is 12.1 Å². The van der Waals surface area contributed by atoms with Crippen molar-refractivity contribution in [1.82, 2.24) is 25.0 Å². The summed E-state index contributed by atoms with van der Waals surface area (Å²) in [7, 11) is 4.14. The molecule has 3 atom stereocenters. The second kappa shape index (κ2) is 10.4. The lowest BCUT2D eigenvalue weighted by Gasteiger charge is -2.33. The quantitative estimate of drug-likeness (QED) is 0.533. The molecule has 0 aliphatic carbocycles. The molecular formula is C28H34FN5O2. The Bertz CT molecular complexity index is 1240. The van der Waals surface area contributed by atoms with Crippen molar-refractivity contribution in [2.24, 2.45) is 7.05 Å². The molecule has 2 saturated heterocycles. The largest absolute Gasteiger partial charge is 0.353 e. The maximum absolute atomic E-state index is 13.2. The Hall–Kier alpha value is -3.23. The van der Waals surface area contributed by atoms with Crippen molar-refractivity contribution in [3.8, 4) is 0 Å². The summed E-state index contributed by atoms with van der Waals surface area (Å²) in [6, 6.07) is 14.5. The van der Waals surface area contributed by atoms with Gasteiger partial charge < -0.3 is 15.2 Å². The van der Waals surface area contributed by atoms with Crippen LogP contribution in [-0.4, -0.2) is 64.4 Å². The minimum absolute atomic E-state index is 0.0381. The highest BCUT2D eigenvalue weighted by Crippen LogP contribution is 2.30. The molecule has 2 fully saturated rings. The number of rotatable bonds is 7. The minimum Gasteiger partial charge on any atom is -0.353 e. The first-order valence-electron chi connectivity index (χ1n) is 12.7. The molecule has 0 bridgehead atoms. The molecule has 2 aliphatic rings. The van der Waals surface area contributed by atoms with Gasteiger partial charge in [-0.15, -0.1) is 0 Å². The highest BCUT2D eigenvalue weighted by Gasteiger charge is 2.45. The highest BCUT2D eigenvalue weighted by molar-refractivity contribution is 5.85. The molecule has 0 saturated carbocycles. The maximum Gasteiger partial charge on any atom is 0.239 e. The van der Waals surface area contributed by atoms with E-state index in [9.17, 15) is 14.0 Å². The summed E-state index contributed by atoms with van der Waals surface area (Å²) in [5.74, 6) is -0.249. The number of nitrogens with one attached hydrogen (secondary N) is 2. The summed E-state index contributed by atoms with van der Waals surface area (Å²) < 4.78 is 15.2. The molecule has 3 heterocycles. The van der Waals surface area contributed by atoms with Crippen LogP contribution in [0.25, 0.3) is 10.9 Å². The van der Waals surface area contributed by atoms with E-state index >= 15 is 0 Å². The zero-order chi connectivity index (χ0) is 25.2. The molecule has 2 amide bonds. The van der Waals surface area contributed by atoms with Crippen LogP contribution in [0.15, 0.2) is 54.7 Å². The molecule has 8 heteroatoms. The number of amides is 2. The third-order valence-corrected chi connectivity index (χ3v) is 7.81. The Morgan fingerprint density at radius 3 is 2.72 bits per heavy atom. The van der Waals surface area contributed by atoms with Crippen LogP contribution >= 0.6 is 0 Å². The summed E-state index contributed by atoms with van der Waals surface area (Å²) in [6.07, 6.45) is 4.14. The van der Waals surface area contributed by atoms with Crippen LogP contribution in [0.1, 0.15) is 30.4 Å². The molecule has 3 unspecified atom stereocenters. The Morgan fingerprint density at radius 2 is 1.92 bits per heavy atom. The summed E-state index contributed by atoms with van der Waals surface area (Å²) in [4.78, 5) is 30.3. The number of carbonyl (C=O) groups excluding carboxylic acids is 2. The summed E-state index contributed by atoms with van der Waals surface area (Å²) >= 11 is 0. The summed E-state index contributed by atoms with van der Waals surface area (Å²) in [6.45, 7) is 2.52. The number of aryl methyl sites for hydroxylation is 1. The molecule has 1 aromatic heterocycles. The second-order valence-electron chi connectivity index (χ2n) is 10.1. The Labute approximate surface area is 211 Å².